The van der Waals surface area contributed by atoms with Crippen molar-refractivity contribution in [2.45, 2.75) is 6.04 Å². The predicted octanol–water partition coefficient (Wildman–Crippen LogP) is 5.32. The highest BCUT2D eigenvalue weighted by Gasteiger charge is 2.24. The van der Waals surface area contributed by atoms with Gasteiger partial charge in [0, 0.05) is 16.7 Å². The Balaban J connectivity index is 1.62. The van der Waals surface area contributed by atoms with Gasteiger partial charge in [0.25, 0.3) is 0 Å². The summed E-state index contributed by atoms with van der Waals surface area (Å²) in [6.45, 7) is 0. The quantitative estimate of drug-likeness (QED) is 0.384. The number of nitrogens with zero attached hydrogens (tertiary/aromatic N) is 2. The number of hydrogen-bond donors (Lipinski definition) is 2. The molecule has 8 nitrogen and oxygen atoms in total. The van der Waals surface area contributed by atoms with Gasteiger partial charge in [0.1, 0.15) is 17.5 Å². The van der Waals surface area contributed by atoms with Crippen LogP contribution >= 0.6 is 11.6 Å². The Bertz CT molecular complexity index is 1230. The Labute approximate surface area is 195 Å². The molecule has 0 aliphatic rings. The van der Waals surface area contributed by atoms with E-state index in [-0.39, 0.29) is 5.89 Å². The number of aromatic nitrogens is 2. The third kappa shape index (κ3) is 5.24. The number of anilines is 1. The molecule has 0 bridgehead atoms. The normalized spacial score (nSPS) is 11.5. The zero-order valence-corrected chi connectivity index (χ0v) is 18.7. The molecule has 168 valence electrons. The monoisotopic (exact) mass is 464 g/mol. The molecule has 1 unspecified atom stereocenters. The summed E-state index contributed by atoms with van der Waals surface area (Å²) < 4.78 is 16.5. The lowest BCUT2D eigenvalue weighted by Crippen LogP contribution is -2.33. The maximum absolute atomic E-state index is 12.9. The van der Waals surface area contributed by atoms with Crippen molar-refractivity contribution >= 4 is 23.3 Å². The molecule has 1 heterocycles. The second-order valence-corrected chi connectivity index (χ2v) is 7.40. The molecule has 4 rings (SSSR count). The van der Waals surface area contributed by atoms with E-state index < -0.39 is 12.1 Å². The van der Waals surface area contributed by atoms with Gasteiger partial charge in [-0.3, -0.25) is 0 Å². The largest absolute Gasteiger partial charge is 0.497 e. The van der Waals surface area contributed by atoms with E-state index in [4.69, 9.17) is 25.5 Å². The van der Waals surface area contributed by atoms with Crippen molar-refractivity contribution in [1.29, 1.82) is 0 Å². The number of amides is 2. The van der Waals surface area contributed by atoms with Crippen LogP contribution in [0.2, 0.25) is 5.02 Å². The number of nitrogens with one attached hydrogen (secondary N) is 2. The zero-order valence-electron chi connectivity index (χ0n) is 17.9. The smallest absolute Gasteiger partial charge is 0.320 e. The number of rotatable bonds is 7. The lowest BCUT2D eigenvalue weighted by Gasteiger charge is -2.17. The molecule has 4 aromatic rings. The molecule has 0 fully saturated rings. The summed E-state index contributed by atoms with van der Waals surface area (Å²) in [6, 6.07) is 20.3. The lowest BCUT2D eigenvalue weighted by molar-refractivity contribution is 0.248. The van der Waals surface area contributed by atoms with Crippen LogP contribution in [0.5, 0.6) is 11.5 Å². The van der Waals surface area contributed by atoms with Crippen LogP contribution in [-0.4, -0.2) is 30.4 Å². The van der Waals surface area contributed by atoms with E-state index >= 15 is 0 Å². The first-order valence-electron chi connectivity index (χ1n) is 10.0. The van der Waals surface area contributed by atoms with Crippen LogP contribution in [0.15, 0.2) is 77.2 Å². The van der Waals surface area contributed by atoms with Gasteiger partial charge >= 0.3 is 6.03 Å². The molecule has 2 N–H and O–H groups in total. The molecular weight excluding hydrogens is 444 g/mol. The summed E-state index contributed by atoms with van der Waals surface area (Å²) in [5, 5.41) is 14.6. The summed E-state index contributed by atoms with van der Waals surface area (Å²) in [7, 11) is 3.06. The highest BCUT2D eigenvalue weighted by atomic mass is 35.5. The van der Waals surface area contributed by atoms with Gasteiger partial charge in [-0.1, -0.05) is 41.9 Å². The molecule has 0 saturated carbocycles. The Kier molecular flexibility index (Phi) is 6.75. The number of urea groups is 1. The third-order valence-corrected chi connectivity index (χ3v) is 5.09. The van der Waals surface area contributed by atoms with E-state index in [9.17, 15) is 4.79 Å². The summed E-state index contributed by atoms with van der Waals surface area (Å²) in [4.78, 5) is 12.9. The lowest BCUT2D eigenvalue weighted by atomic mass is 10.1. The summed E-state index contributed by atoms with van der Waals surface area (Å²) >= 11 is 6.04. The van der Waals surface area contributed by atoms with Gasteiger partial charge in [-0.05, 0) is 42.0 Å². The standard InChI is InChI=1S/C24H21ClN4O4/c1-31-18-12-13-20(32-2)19(14-18)26-24(30)27-21(15-8-10-17(25)11-9-15)23-29-28-22(33-23)16-6-4-3-5-7-16/h3-14,21H,1-2H3,(H2,26,27,30). The molecule has 1 atom stereocenters. The number of carbonyl (C=O) groups is 1. The first-order valence-corrected chi connectivity index (χ1v) is 10.4. The van der Waals surface area contributed by atoms with Crippen molar-refractivity contribution < 1.29 is 18.7 Å². The van der Waals surface area contributed by atoms with Gasteiger partial charge in [0.2, 0.25) is 11.8 Å². The van der Waals surface area contributed by atoms with E-state index in [0.29, 0.717) is 28.1 Å². The summed E-state index contributed by atoms with van der Waals surface area (Å²) in [5.41, 5.74) is 1.94. The number of ether oxygens (including phenoxy) is 2. The van der Waals surface area contributed by atoms with Crippen LogP contribution in [0.1, 0.15) is 17.5 Å². The molecule has 3 aromatic carbocycles. The topological polar surface area (TPSA) is 98.5 Å². The van der Waals surface area contributed by atoms with Gasteiger partial charge in [0.15, 0.2) is 0 Å². The summed E-state index contributed by atoms with van der Waals surface area (Å²) in [6.07, 6.45) is 0. The van der Waals surface area contributed by atoms with E-state index in [1.165, 1.54) is 7.11 Å². The maximum Gasteiger partial charge on any atom is 0.320 e. The molecule has 1 aromatic heterocycles. The molecule has 33 heavy (non-hydrogen) atoms. The first-order chi connectivity index (χ1) is 16.1. The molecule has 0 aliphatic heterocycles. The van der Waals surface area contributed by atoms with Crippen molar-refractivity contribution in [1.82, 2.24) is 15.5 Å². The zero-order chi connectivity index (χ0) is 23.2. The highest BCUT2D eigenvalue weighted by Crippen LogP contribution is 2.30. The van der Waals surface area contributed by atoms with Crippen LogP contribution in [0.3, 0.4) is 0 Å². The fraction of sp³-hybridized carbons (Fsp3) is 0.125. The molecule has 9 heteroatoms. The first kappa shape index (κ1) is 22.2. The van der Waals surface area contributed by atoms with Gasteiger partial charge < -0.3 is 24.5 Å². The Hall–Kier alpha value is -4.04. The fourth-order valence-electron chi connectivity index (χ4n) is 3.19. The summed E-state index contributed by atoms with van der Waals surface area (Å²) in [5.74, 6) is 1.63. The van der Waals surface area contributed by atoms with Gasteiger partial charge in [-0.2, -0.15) is 0 Å². The van der Waals surface area contributed by atoms with Gasteiger partial charge in [0.05, 0.1) is 19.9 Å². The second kappa shape index (κ2) is 10.1. The maximum atomic E-state index is 12.9. The minimum absolute atomic E-state index is 0.226. The van der Waals surface area contributed by atoms with E-state index in [2.05, 4.69) is 20.8 Å². The van der Waals surface area contributed by atoms with Gasteiger partial charge in [-0.25, -0.2) is 4.79 Å². The second-order valence-electron chi connectivity index (χ2n) is 6.96. The minimum Gasteiger partial charge on any atom is -0.497 e. The minimum atomic E-state index is -0.719. The van der Waals surface area contributed by atoms with Crippen LogP contribution < -0.4 is 20.1 Å². The van der Waals surface area contributed by atoms with Crippen molar-refractivity contribution in [3.63, 3.8) is 0 Å². The number of carbonyl (C=O) groups excluding carboxylic acids is 1. The van der Waals surface area contributed by atoms with Crippen molar-refractivity contribution in [3.8, 4) is 23.0 Å². The molecule has 0 saturated heterocycles. The Morgan fingerprint density at radius 3 is 2.42 bits per heavy atom. The molecule has 2 amide bonds. The molecule has 0 aliphatic carbocycles. The third-order valence-electron chi connectivity index (χ3n) is 4.84. The number of hydrogen-bond acceptors (Lipinski definition) is 6. The average molecular weight is 465 g/mol. The highest BCUT2D eigenvalue weighted by molar-refractivity contribution is 6.30. The van der Waals surface area contributed by atoms with Crippen molar-refractivity contribution in [2.75, 3.05) is 19.5 Å². The predicted molar refractivity (Wildman–Crippen MR) is 125 cm³/mol. The van der Waals surface area contributed by atoms with Crippen LogP contribution in [0, 0.1) is 0 Å². The van der Waals surface area contributed by atoms with Crippen LogP contribution in [-0.2, 0) is 0 Å². The molecule has 0 radical (unpaired) electrons. The number of benzene rings is 3. The van der Waals surface area contributed by atoms with Crippen LogP contribution in [0.4, 0.5) is 10.5 Å². The number of halogens is 1. The Morgan fingerprint density at radius 1 is 0.970 bits per heavy atom. The SMILES string of the molecule is COc1ccc(OC)c(NC(=O)NC(c2ccc(Cl)cc2)c2nnc(-c3ccccc3)o2)c1. The van der Waals surface area contributed by atoms with Crippen LogP contribution in [0.25, 0.3) is 11.5 Å². The van der Waals surface area contributed by atoms with E-state index in [1.54, 1.807) is 49.6 Å². The average Bonchev–Trinajstić information content (AvgIpc) is 3.34. The van der Waals surface area contributed by atoms with Crippen molar-refractivity contribution in [3.05, 3.63) is 89.3 Å². The Morgan fingerprint density at radius 2 is 1.73 bits per heavy atom. The van der Waals surface area contributed by atoms with E-state index in [1.807, 2.05) is 30.3 Å². The van der Waals surface area contributed by atoms with E-state index in [0.717, 1.165) is 11.1 Å². The van der Waals surface area contributed by atoms with Crippen molar-refractivity contribution in [2.24, 2.45) is 0 Å². The fourth-order valence-corrected chi connectivity index (χ4v) is 3.32. The molecular formula is C24H21ClN4O4. The van der Waals surface area contributed by atoms with Gasteiger partial charge in [-0.15, -0.1) is 10.2 Å². The molecule has 0 spiro atoms. The number of methoxy groups -OCH3 is 2.